The van der Waals surface area contributed by atoms with E-state index in [-0.39, 0.29) is 11.8 Å². The molecule has 5 heteroatoms. The van der Waals surface area contributed by atoms with Crippen LogP contribution < -0.4 is 16.4 Å². The number of benzene rings is 1. The Labute approximate surface area is 119 Å². The summed E-state index contributed by atoms with van der Waals surface area (Å²) in [5.41, 5.74) is 7.13. The van der Waals surface area contributed by atoms with Gasteiger partial charge in [-0.05, 0) is 30.5 Å². The number of carbonyl (C=O) groups is 2. The van der Waals surface area contributed by atoms with Gasteiger partial charge in [0.25, 0.3) is 0 Å². The molecule has 0 aliphatic carbocycles. The van der Waals surface area contributed by atoms with Crippen LogP contribution in [0, 0.1) is 5.92 Å². The molecule has 1 rings (SSSR count). The highest BCUT2D eigenvalue weighted by atomic mass is 16.2. The van der Waals surface area contributed by atoms with Crippen LogP contribution >= 0.6 is 0 Å². The fourth-order valence-corrected chi connectivity index (χ4v) is 1.69. The Kier molecular flexibility index (Phi) is 6.18. The highest BCUT2D eigenvalue weighted by Crippen LogP contribution is 2.12. The molecule has 0 saturated carbocycles. The van der Waals surface area contributed by atoms with Crippen LogP contribution in [-0.2, 0) is 16.1 Å². The zero-order valence-electron chi connectivity index (χ0n) is 12.3. The Morgan fingerprint density at radius 1 is 1.25 bits per heavy atom. The van der Waals surface area contributed by atoms with Gasteiger partial charge in [-0.3, -0.25) is 9.59 Å². The summed E-state index contributed by atoms with van der Waals surface area (Å²) >= 11 is 0. The number of nitrogens with two attached hydrogens (primary N) is 1. The Hall–Kier alpha value is -1.88. The van der Waals surface area contributed by atoms with Gasteiger partial charge in [0.05, 0.1) is 6.04 Å². The lowest BCUT2D eigenvalue weighted by atomic mass is 10.1. The quantitative estimate of drug-likeness (QED) is 0.739. The van der Waals surface area contributed by atoms with Crippen LogP contribution in [0.5, 0.6) is 0 Å². The van der Waals surface area contributed by atoms with Crippen molar-refractivity contribution in [3.63, 3.8) is 0 Å². The summed E-state index contributed by atoms with van der Waals surface area (Å²) in [5, 5.41) is 5.58. The van der Waals surface area contributed by atoms with E-state index in [1.807, 2.05) is 38.1 Å². The highest BCUT2D eigenvalue weighted by Gasteiger charge is 2.08. The van der Waals surface area contributed by atoms with Crippen LogP contribution in [0.4, 0.5) is 5.69 Å². The van der Waals surface area contributed by atoms with Gasteiger partial charge < -0.3 is 16.4 Å². The van der Waals surface area contributed by atoms with Crippen LogP contribution in [0.2, 0.25) is 0 Å². The van der Waals surface area contributed by atoms with Gasteiger partial charge in [0.1, 0.15) is 0 Å². The van der Waals surface area contributed by atoms with Gasteiger partial charge in [0.15, 0.2) is 0 Å². The molecule has 0 radical (unpaired) electrons. The number of nitrogens with one attached hydrogen (secondary N) is 2. The van der Waals surface area contributed by atoms with Gasteiger partial charge in [0.2, 0.25) is 11.8 Å². The molecular formula is C15H23N3O2. The maximum atomic E-state index is 11.7. The largest absolute Gasteiger partial charge is 0.351 e. The van der Waals surface area contributed by atoms with Crippen LogP contribution in [0.3, 0.4) is 0 Å². The van der Waals surface area contributed by atoms with Gasteiger partial charge >= 0.3 is 0 Å². The van der Waals surface area contributed by atoms with E-state index in [1.165, 1.54) is 0 Å². The second kappa shape index (κ2) is 7.65. The maximum Gasteiger partial charge on any atom is 0.236 e. The van der Waals surface area contributed by atoms with Crippen molar-refractivity contribution < 1.29 is 9.59 Å². The fraction of sp³-hybridized carbons (Fsp3) is 0.467. The van der Waals surface area contributed by atoms with E-state index in [4.69, 9.17) is 5.73 Å². The topological polar surface area (TPSA) is 84.2 Å². The van der Waals surface area contributed by atoms with E-state index in [0.717, 1.165) is 11.3 Å². The zero-order chi connectivity index (χ0) is 15.1. The van der Waals surface area contributed by atoms with Crippen molar-refractivity contribution in [2.24, 2.45) is 11.7 Å². The Morgan fingerprint density at radius 3 is 2.55 bits per heavy atom. The van der Waals surface area contributed by atoms with E-state index in [2.05, 4.69) is 10.6 Å². The molecule has 1 aromatic carbocycles. The predicted octanol–water partition coefficient (Wildman–Crippen LogP) is 1.63. The third-order valence-corrected chi connectivity index (χ3v) is 2.68. The molecule has 0 heterocycles. The number of hydrogen-bond donors (Lipinski definition) is 3. The molecular weight excluding hydrogens is 254 g/mol. The van der Waals surface area contributed by atoms with Gasteiger partial charge in [0, 0.05) is 18.7 Å². The normalized spacial score (nSPS) is 12.1. The maximum absolute atomic E-state index is 11.7. The average Bonchev–Trinajstić information content (AvgIpc) is 2.35. The first kappa shape index (κ1) is 16.2. The molecule has 1 aromatic rings. The third-order valence-electron chi connectivity index (χ3n) is 2.68. The number of carbonyl (C=O) groups excluding carboxylic acids is 2. The minimum Gasteiger partial charge on any atom is -0.351 e. The molecule has 0 fully saturated rings. The van der Waals surface area contributed by atoms with Crippen molar-refractivity contribution in [1.82, 2.24) is 5.32 Å². The minimum atomic E-state index is -0.524. The summed E-state index contributed by atoms with van der Waals surface area (Å²) in [6.45, 7) is 6.03. The van der Waals surface area contributed by atoms with Crippen LogP contribution in [0.25, 0.3) is 0 Å². The third kappa shape index (κ3) is 5.84. The predicted molar refractivity (Wildman–Crippen MR) is 80.0 cm³/mol. The molecule has 0 spiro atoms. The Bertz CT molecular complexity index is 470. The van der Waals surface area contributed by atoms with Crippen LogP contribution in [0.1, 0.15) is 32.8 Å². The van der Waals surface area contributed by atoms with Crippen LogP contribution in [0.15, 0.2) is 24.3 Å². The lowest BCUT2D eigenvalue weighted by molar-refractivity contribution is -0.122. The van der Waals surface area contributed by atoms with Gasteiger partial charge in [-0.25, -0.2) is 0 Å². The highest BCUT2D eigenvalue weighted by molar-refractivity contribution is 5.90. The number of anilines is 1. The van der Waals surface area contributed by atoms with Crippen molar-refractivity contribution in [2.45, 2.75) is 39.8 Å². The van der Waals surface area contributed by atoms with Crippen molar-refractivity contribution >= 4 is 17.5 Å². The van der Waals surface area contributed by atoms with E-state index in [0.29, 0.717) is 18.9 Å². The molecule has 0 aliphatic heterocycles. The van der Waals surface area contributed by atoms with E-state index in [9.17, 15) is 9.59 Å². The first-order valence-corrected chi connectivity index (χ1v) is 6.80. The number of rotatable bonds is 6. The van der Waals surface area contributed by atoms with Crippen molar-refractivity contribution in [3.05, 3.63) is 29.8 Å². The molecule has 0 aliphatic rings. The minimum absolute atomic E-state index is 0.00299. The SMILES string of the molecule is CC(C)CC(=O)Nc1cccc(CNC(=O)[C@H](C)N)c1. The lowest BCUT2D eigenvalue weighted by Gasteiger charge is -2.10. The first-order valence-electron chi connectivity index (χ1n) is 6.80. The lowest BCUT2D eigenvalue weighted by Crippen LogP contribution is -2.37. The summed E-state index contributed by atoms with van der Waals surface area (Å²) < 4.78 is 0. The number of hydrogen-bond acceptors (Lipinski definition) is 3. The smallest absolute Gasteiger partial charge is 0.236 e. The molecule has 20 heavy (non-hydrogen) atoms. The standard InChI is InChI=1S/C15H23N3O2/c1-10(2)7-14(19)18-13-6-4-5-12(8-13)9-17-15(20)11(3)16/h4-6,8,10-11H,7,9,16H2,1-3H3,(H,17,20)(H,18,19)/t11-/m0/s1. The molecule has 1 atom stereocenters. The van der Waals surface area contributed by atoms with Gasteiger partial charge in [-0.15, -0.1) is 0 Å². The average molecular weight is 277 g/mol. The summed E-state index contributed by atoms with van der Waals surface area (Å²) in [5.74, 6) is 0.125. The summed E-state index contributed by atoms with van der Waals surface area (Å²) in [6.07, 6.45) is 0.492. The second-order valence-corrected chi connectivity index (χ2v) is 5.35. The monoisotopic (exact) mass is 277 g/mol. The Balaban J connectivity index is 2.57. The van der Waals surface area contributed by atoms with Crippen LogP contribution in [-0.4, -0.2) is 17.9 Å². The van der Waals surface area contributed by atoms with Crippen molar-refractivity contribution in [3.8, 4) is 0 Å². The molecule has 4 N–H and O–H groups in total. The number of amides is 2. The van der Waals surface area contributed by atoms with Gasteiger partial charge in [-0.1, -0.05) is 26.0 Å². The summed E-state index contributed by atoms with van der Waals surface area (Å²) in [7, 11) is 0. The molecule has 5 nitrogen and oxygen atoms in total. The van der Waals surface area contributed by atoms with E-state index in [1.54, 1.807) is 6.92 Å². The van der Waals surface area contributed by atoms with Gasteiger partial charge in [-0.2, -0.15) is 0 Å². The van der Waals surface area contributed by atoms with Crippen molar-refractivity contribution in [2.75, 3.05) is 5.32 Å². The molecule has 110 valence electrons. The molecule has 0 unspecified atom stereocenters. The molecule has 0 saturated heterocycles. The second-order valence-electron chi connectivity index (χ2n) is 5.35. The molecule has 2 amide bonds. The van der Waals surface area contributed by atoms with E-state index < -0.39 is 6.04 Å². The summed E-state index contributed by atoms with van der Waals surface area (Å²) in [6, 6.07) is 6.89. The zero-order valence-corrected chi connectivity index (χ0v) is 12.3. The van der Waals surface area contributed by atoms with Crippen molar-refractivity contribution in [1.29, 1.82) is 0 Å². The summed E-state index contributed by atoms with van der Waals surface area (Å²) in [4.78, 5) is 23.1. The molecule has 0 aromatic heterocycles. The fourth-order valence-electron chi connectivity index (χ4n) is 1.69. The Morgan fingerprint density at radius 2 is 1.95 bits per heavy atom. The molecule has 0 bridgehead atoms. The van der Waals surface area contributed by atoms with E-state index >= 15 is 0 Å². The first-order chi connectivity index (χ1) is 9.38.